The molecular weight excluding hydrogens is 484 g/mol. The Balaban J connectivity index is -0.00000196. The van der Waals surface area contributed by atoms with Crippen molar-refractivity contribution in [3.8, 4) is 0 Å². The first-order valence-corrected chi connectivity index (χ1v) is 13.0. The number of carbonyl (C=O) groups is 1. The van der Waals surface area contributed by atoms with Gasteiger partial charge in [0.15, 0.2) is 0 Å². The molecule has 0 amide bonds. The summed E-state index contributed by atoms with van der Waals surface area (Å²) in [5.41, 5.74) is 6.17. The summed E-state index contributed by atoms with van der Waals surface area (Å²) in [4.78, 5) is 8.00. The van der Waals surface area contributed by atoms with Gasteiger partial charge in [0.1, 0.15) is 24.9 Å². The van der Waals surface area contributed by atoms with Gasteiger partial charge < -0.3 is 19.0 Å². The largest absolute Gasteiger partial charge is 0.497 e. The standard InChI is InChI=1S/C30H44O3.C4H8.CH2O/c1-21(2)13-14-22(3)23(4)15-16-24(5)25(6)19-26(7)28(9)29(10)30(20-27(8)32-12)33-18-17-31-11;1-4(2)3;1-2/h15-16,19-22H,4-6,8-10,13-14,17-18H2,1-3,7,11-12H3;1H2,2-3H3;1H2/b16-15-,26-19-,30-20+;;. The van der Waals surface area contributed by atoms with E-state index in [-0.39, 0.29) is 0 Å². The summed E-state index contributed by atoms with van der Waals surface area (Å²) >= 11 is 0. The predicted octanol–water partition coefficient (Wildman–Crippen LogP) is 9.45. The van der Waals surface area contributed by atoms with E-state index in [1.165, 1.54) is 12.0 Å². The monoisotopic (exact) mass is 538 g/mol. The lowest BCUT2D eigenvalue weighted by atomic mass is 9.92. The molecule has 0 saturated carbocycles. The highest BCUT2D eigenvalue weighted by Crippen LogP contribution is 2.27. The zero-order valence-electron chi connectivity index (χ0n) is 26.1. The maximum atomic E-state index is 8.00. The van der Waals surface area contributed by atoms with Crippen molar-refractivity contribution in [2.75, 3.05) is 27.4 Å². The Bertz CT molecular complexity index is 934. The molecular formula is C35H54O4. The Morgan fingerprint density at radius 1 is 0.744 bits per heavy atom. The van der Waals surface area contributed by atoms with Crippen LogP contribution in [0.4, 0.5) is 0 Å². The molecule has 4 nitrogen and oxygen atoms in total. The average molecular weight is 539 g/mol. The molecule has 0 aromatic heterocycles. The smallest absolute Gasteiger partial charge is 0.130 e. The van der Waals surface area contributed by atoms with E-state index in [0.717, 1.165) is 34.3 Å². The summed E-state index contributed by atoms with van der Waals surface area (Å²) in [5.74, 6) is 2.13. The third-order valence-electron chi connectivity index (χ3n) is 5.35. The summed E-state index contributed by atoms with van der Waals surface area (Å²) < 4.78 is 16.0. The molecule has 0 heterocycles. The van der Waals surface area contributed by atoms with Crippen LogP contribution in [0, 0.1) is 11.8 Å². The van der Waals surface area contributed by atoms with Crippen LogP contribution in [0.1, 0.15) is 54.4 Å². The van der Waals surface area contributed by atoms with Gasteiger partial charge in [0, 0.05) is 18.8 Å². The van der Waals surface area contributed by atoms with Gasteiger partial charge in [-0.15, -0.1) is 6.58 Å². The van der Waals surface area contributed by atoms with Crippen LogP contribution in [-0.2, 0) is 19.0 Å². The van der Waals surface area contributed by atoms with Gasteiger partial charge in [0.2, 0.25) is 0 Å². The molecule has 0 aromatic carbocycles. The number of hydrogen-bond acceptors (Lipinski definition) is 4. The van der Waals surface area contributed by atoms with Crippen molar-refractivity contribution < 1.29 is 19.0 Å². The molecule has 0 radical (unpaired) electrons. The van der Waals surface area contributed by atoms with Crippen molar-refractivity contribution >= 4 is 6.79 Å². The van der Waals surface area contributed by atoms with E-state index in [1.54, 1.807) is 20.3 Å². The quantitative estimate of drug-likeness (QED) is 0.0800. The van der Waals surface area contributed by atoms with Crippen molar-refractivity contribution in [2.45, 2.75) is 54.4 Å². The molecule has 0 N–H and O–H groups in total. The number of methoxy groups -OCH3 is 2. The van der Waals surface area contributed by atoms with Gasteiger partial charge >= 0.3 is 0 Å². The number of hydrogen-bond donors (Lipinski definition) is 0. The van der Waals surface area contributed by atoms with Gasteiger partial charge in [0.25, 0.3) is 0 Å². The fourth-order valence-electron chi connectivity index (χ4n) is 2.73. The van der Waals surface area contributed by atoms with Crippen LogP contribution in [0.15, 0.2) is 121 Å². The summed E-state index contributed by atoms with van der Waals surface area (Å²) in [6, 6.07) is 0. The molecule has 0 aliphatic rings. The lowest BCUT2D eigenvalue weighted by molar-refractivity contribution is -0.0980. The minimum Gasteiger partial charge on any atom is -0.497 e. The molecule has 0 aliphatic carbocycles. The van der Waals surface area contributed by atoms with Crippen LogP contribution >= 0.6 is 0 Å². The van der Waals surface area contributed by atoms with Crippen LogP contribution in [0.3, 0.4) is 0 Å². The Kier molecular flexibility index (Phi) is 24.4. The summed E-state index contributed by atoms with van der Waals surface area (Å²) in [6.45, 7) is 43.7. The molecule has 0 rings (SSSR count). The molecule has 0 fully saturated rings. The number of carbonyl (C=O) groups excluding carboxylic acids is 1. The van der Waals surface area contributed by atoms with Gasteiger partial charge in [-0.25, -0.2) is 0 Å². The molecule has 1 unspecified atom stereocenters. The normalized spacial score (nSPS) is 11.8. The molecule has 0 bridgehead atoms. The van der Waals surface area contributed by atoms with Crippen molar-refractivity contribution in [3.63, 3.8) is 0 Å². The van der Waals surface area contributed by atoms with E-state index in [0.29, 0.717) is 42.1 Å². The van der Waals surface area contributed by atoms with E-state index in [1.807, 2.05) is 45.8 Å². The SMILES string of the molecule is C=C(/C=C(/OCCOC)C(=C)C(=C)/C(C)=C\C(=C)C(=C)/C=C\C(=C)C(C)CCC(C)C)OC.C=C(C)C.C=O. The number of ether oxygens (including phenoxy) is 3. The van der Waals surface area contributed by atoms with E-state index < -0.39 is 0 Å². The zero-order chi connectivity index (χ0) is 31.1. The molecule has 39 heavy (non-hydrogen) atoms. The summed E-state index contributed by atoms with van der Waals surface area (Å²) in [6.07, 6.45) is 9.98. The van der Waals surface area contributed by atoms with Crippen LogP contribution < -0.4 is 0 Å². The summed E-state index contributed by atoms with van der Waals surface area (Å²) in [5, 5.41) is 0. The van der Waals surface area contributed by atoms with Gasteiger partial charge in [-0.2, -0.15) is 0 Å². The fourth-order valence-corrected chi connectivity index (χ4v) is 2.73. The second kappa shape index (κ2) is 23.7. The predicted molar refractivity (Wildman–Crippen MR) is 172 cm³/mol. The lowest BCUT2D eigenvalue weighted by Gasteiger charge is -2.16. The zero-order valence-corrected chi connectivity index (χ0v) is 26.1. The van der Waals surface area contributed by atoms with E-state index in [2.05, 4.69) is 66.8 Å². The minimum atomic E-state index is 0.377. The lowest BCUT2D eigenvalue weighted by Crippen LogP contribution is -2.05. The third-order valence-corrected chi connectivity index (χ3v) is 5.35. The van der Waals surface area contributed by atoms with Gasteiger partial charge in [0.05, 0.1) is 13.7 Å². The molecule has 0 aromatic rings. The van der Waals surface area contributed by atoms with Crippen LogP contribution in [-0.4, -0.2) is 34.2 Å². The van der Waals surface area contributed by atoms with Crippen molar-refractivity contribution in [1.29, 1.82) is 0 Å². The molecule has 218 valence electrons. The Hall–Kier alpha value is -3.37. The minimum absolute atomic E-state index is 0.377. The highest BCUT2D eigenvalue weighted by Gasteiger charge is 2.12. The van der Waals surface area contributed by atoms with E-state index in [4.69, 9.17) is 19.0 Å². The summed E-state index contributed by atoms with van der Waals surface area (Å²) in [7, 11) is 3.17. The Morgan fingerprint density at radius 2 is 1.28 bits per heavy atom. The highest BCUT2D eigenvalue weighted by molar-refractivity contribution is 5.55. The molecule has 1 atom stereocenters. The average Bonchev–Trinajstić information content (AvgIpc) is 2.89. The van der Waals surface area contributed by atoms with Gasteiger partial charge in [-0.3, -0.25) is 0 Å². The second-order valence-corrected chi connectivity index (χ2v) is 9.84. The molecule has 0 aliphatic heterocycles. The second-order valence-electron chi connectivity index (χ2n) is 9.84. The first kappa shape index (κ1) is 40.1. The first-order valence-electron chi connectivity index (χ1n) is 13.0. The highest BCUT2D eigenvalue weighted by atomic mass is 16.5. The van der Waals surface area contributed by atoms with Crippen molar-refractivity contribution in [3.05, 3.63) is 121 Å². The van der Waals surface area contributed by atoms with Crippen molar-refractivity contribution in [1.82, 2.24) is 0 Å². The molecule has 0 saturated heterocycles. The fraction of sp³-hybridized carbons (Fsp3) is 0.400. The maximum absolute atomic E-state index is 8.00. The number of allylic oxidation sites excluding steroid dienone is 10. The van der Waals surface area contributed by atoms with E-state index >= 15 is 0 Å². The molecule has 0 spiro atoms. The van der Waals surface area contributed by atoms with E-state index in [9.17, 15) is 0 Å². The third kappa shape index (κ3) is 21.3. The molecule has 4 heteroatoms. The van der Waals surface area contributed by atoms with Gasteiger partial charge in [-0.05, 0) is 61.3 Å². The van der Waals surface area contributed by atoms with Crippen LogP contribution in [0.2, 0.25) is 0 Å². The number of rotatable bonds is 17. The Morgan fingerprint density at radius 3 is 1.74 bits per heavy atom. The maximum Gasteiger partial charge on any atom is 0.130 e. The van der Waals surface area contributed by atoms with Crippen LogP contribution in [0.5, 0.6) is 0 Å². The first-order chi connectivity index (χ1) is 18.2. The topological polar surface area (TPSA) is 44.8 Å². The van der Waals surface area contributed by atoms with Gasteiger partial charge in [-0.1, -0.05) is 96.0 Å². The van der Waals surface area contributed by atoms with Crippen LogP contribution in [0.25, 0.3) is 0 Å². The Labute approximate surface area is 240 Å². The van der Waals surface area contributed by atoms with Crippen molar-refractivity contribution in [2.24, 2.45) is 11.8 Å².